The second kappa shape index (κ2) is 16.0. The quantitative estimate of drug-likeness (QED) is 0.122. The van der Waals surface area contributed by atoms with Gasteiger partial charge in [-0.3, -0.25) is 18.0 Å². The molecule has 6 atom stereocenters. The van der Waals surface area contributed by atoms with Gasteiger partial charge in [0.15, 0.2) is 11.6 Å². The molecule has 0 aliphatic heterocycles. The number of carbonyl (C=O) groups excluding carboxylic acids is 2. The van der Waals surface area contributed by atoms with E-state index in [1.165, 1.54) is 0 Å². The third-order valence-corrected chi connectivity index (χ3v) is 10.9. The van der Waals surface area contributed by atoms with E-state index in [0.717, 1.165) is 35.1 Å². The van der Waals surface area contributed by atoms with E-state index < -0.39 is 32.7 Å². The zero-order valence-corrected chi connectivity index (χ0v) is 28.6. The van der Waals surface area contributed by atoms with Crippen LogP contribution in [0.1, 0.15) is 120 Å². The number of carbonyl (C=O) groups is 2. The lowest BCUT2D eigenvalue weighted by Crippen LogP contribution is -2.27. The fraction of sp³-hybridized carbons (Fsp3) is 0.706. The van der Waals surface area contributed by atoms with Crippen LogP contribution in [-0.4, -0.2) is 39.6 Å². The molecule has 8 heteroatoms. The molecule has 0 radical (unpaired) electrons. The summed E-state index contributed by atoms with van der Waals surface area (Å²) in [5.74, 6) is 0.0263. The van der Waals surface area contributed by atoms with E-state index in [0.29, 0.717) is 51.4 Å². The van der Waals surface area contributed by atoms with Gasteiger partial charge in [-0.05, 0) is 86.2 Å². The molecule has 0 aromatic rings. The van der Waals surface area contributed by atoms with Crippen LogP contribution >= 0.6 is 0 Å². The van der Waals surface area contributed by atoms with Crippen LogP contribution in [0.4, 0.5) is 0 Å². The lowest BCUT2D eigenvalue weighted by atomic mass is 9.72. The zero-order valence-electron chi connectivity index (χ0n) is 27.0. The second-order valence-electron chi connectivity index (χ2n) is 14.1. The number of unbranched alkanes of at least 4 members (excludes halogenated alkanes) is 1. The van der Waals surface area contributed by atoms with Crippen LogP contribution < -0.4 is 0 Å². The molecule has 0 bridgehead atoms. The molecule has 0 aromatic heterocycles. The lowest BCUT2D eigenvalue weighted by molar-refractivity contribution is -0.118. The fourth-order valence-electron chi connectivity index (χ4n) is 6.92. The molecule has 6 unspecified atom stereocenters. The van der Waals surface area contributed by atoms with Crippen molar-refractivity contribution in [2.24, 2.45) is 22.7 Å². The Labute approximate surface area is 259 Å². The first-order valence-corrected chi connectivity index (χ1v) is 17.7. The maximum absolute atomic E-state index is 13.1. The van der Waals surface area contributed by atoms with Gasteiger partial charge >= 0.3 is 0 Å². The highest BCUT2D eigenvalue weighted by Gasteiger charge is 2.33. The van der Waals surface area contributed by atoms with Gasteiger partial charge in [-0.25, -0.2) is 0 Å². The van der Waals surface area contributed by atoms with Crippen molar-refractivity contribution in [2.45, 2.75) is 130 Å². The van der Waals surface area contributed by atoms with Crippen LogP contribution in [-0.2, 0) is 31.7 Å². The molecule has 0 aromatic carbocycles. The Balaban J connectivity index is 1.87. The Morgan fingerprint density at radius 3 is 1.36 bits per heavy atom. The number of ketones is 2. The third-order valence-electron chi connectivity index (χ3n) is 8.94. The predicted octanol–water partition coefficient (Wildman–Crippen LogP) is 7.62. The molecule has 2 rings (SSSR count). The summed E-state index contributed by atoms with van der Waals surface area (Å²) < 4.78 is 48.1. The first-order chi connectivity index (χ1) is 19.5. The Kier molecular flexibility index (Phi) is 14.0. The smallest absolute Gasteiger partial charge is 0.159 e. The van der Waals surface area contributed by atoms with Crippen LogP contribution in [0.15, 0.2) is 46.6 Å². The van der Waals surface area contributed by atoms with Crippen molar-refractivity contribution in [1.82, 2.24) is 0 Å². The normalized spacial score (nSPS) is 22.4. The molecule has 238 valence electrons. The van der Waals surface area contributed by atoms with Crippen LogP contribution in [0.5, 0.6) is 0 Å². The van der Waals surface area contributed by atoms with Gasteiger partial charge in [0.25, 0.3) is 0 Å². The van der Waals surface area contributed by atoms with Gasteiger partial charge in [0.05, 0.1) is 0 Å². The highest BCUT2D eigenvalue weighted by Crippen LogP contribution is 2.40. The van der Waals surface area contributed by atoms with Crippen molar-refractivity contribution < 1.29 is 27.1 Å². The van der Waals surface area contributed by atoms with Crippen molar-refractivity contribution in [2.75, 3.05) is 0 Å². The summed E-state index contributed by atoms with van der Waals surface area (Å²) in [6, 6.07) is 0. The van der Waals surface area contributed by atoms with E-state index in [1.807, 2.05) is 39.8 Å². The summed E-state index contributed by atoms with van der Waals surface area (Å²) >= 11 is -4.54. The summed E-state index contributed by atoms with van der Waals surface area (Å²) in [4.78, 5) is 26.3. The van der Waals surface area contributed by atoms with Crippen LogP contribution in [0.2, 0.25) is 0 Å². The molecule has 0 saturated heterocycles. The molecule has 2 aliphatic rings. The van der Waals surface area contributed by atoms with Crippen molar-refractivity contribution in [1.29, 1.82) is 0 Å². The summed E-state index contributed by atoms with van der Waals surface area (Å²) in [5, 5.41) is -1.14. The van der Waals surface area contributed by atoms with Gasteiger partial charge in [-0.1, -0.05) is 101 Å². The van der Waals surface area contributed by atoms with Crippen molar-refractivity contribution in [3.8, 4) is 0 Å². The molecule has 0 N–H and O–H groups in total. The molecule has 0 spiro atoms. The average molecular weight is 621 g/mol. The summed E-state index contributed by atoms with van der Waals surface area (Å²) in [7, 11) is 0. The molecule has 0 saturated carbocycles. The van der Waals surface area contributed by atoms with Crippen LogP contribution in [0.3, 0.4) is 0 Å². The van der Waals surface area contributed by atoms with Crippen LogP contribution in [0.25, 0.3) is 0 Å². The predicted molar refractivity (Wildman–Crippen MR) is 171 cm³/mol. The van der Waals surface area contributed by atoms with Gasteiger partial charge in [-0.2, -0.15) is 0 Å². The fourth-order valence-corrected chi connectivity index (χ4v) is 8.61. The third kappa shape index (κ3) is 10.6. The highest BCUT2D eigenvalue weighted by molar-refractivity contribution is 7.80. The first kappa shape index (κ1) is 36.7. The van der Waals surface area contributed by atoms with Gasteiger partial charge in [-0.15, -0.1) is 0 Å². The minimum atomic E-state index is -2.27. The monoisotopic (exact) mass is 620 g/mol. The standard InChI is InChI=1S/C34H54O6S2/c1-23(21-29(35)31-25(3)13-11-17-33(31,5)6)19-27(41(37)38)15-9-10-16-28(42(39)40)20-24(2)22-30(36)32-26(4)14-12-18-34(32,7)8/h11-14,23-24,27-28H,9-10,15-22H2,1-8H3,(H,37,38)(H,39,40)/p-2. The Morgan fingerprint density at radius 2 is 1.07 bits per heavy atom. The minimum Gasteiger partial charge on any atom is -0.772 e. The van der Waals surface area contributed by atoms with Crippen molar-refractivity contribution >= 4 is 33.7 Å². The molecule has 0 fully saturated rings. The molecular weight excluding hydrogens is 569 g/mol. The van der Waals surface area contributed by atoms with Gasteiger partial charge < -0.3 is 9.11 Å². The van der Waals surface area contributed by atoms with E-state index >= 15 is 0 Å². The average Bonchev–Trinajstić information content (AvgIpc) is 2.83. The molecule has 42 heavy (non-hydrogen) atoms. The molecular formula is C34H52O6S2-2. The topological polar surface area (TPSA) is 114 Å². The number of rotatable bonds is 17. The first-order valence-electron chi connectivity index (χ1n) is 15.4. The van der Waals surface area contributed by atoms with Gasteiger partial charge in [0.2, 0.25) is 0 Å². The van der Waals surface area contributed by atoms with Crippen molar-refractivity contribution in [3.63, 3.8) is 0 Å². The van der Waals surface area contributed by atoms with Crippen molar-refractivity contribution in [3.05, 3.63) is 46.6 Å². The van der Waals surface area contributed by atoms with Gasteiger partial charge in [0.1, 0.15) is 0 Å². The van der Waals surface area contributed by atoms with Gasteiger partial charge in [0, 0.05) is 34.5 Å². The second-order valence-corrected chi connectivity index (χ2v) is 16.5. The summed E-state index contributed by atoms with van der Waals surface area (Å²) in [5.41, 5.74) is 3.21. The Bertz CT molecular complexity index is 1070. The maximum Gasteiger partial charge on any atom is 0.159 e. The van der Waals surface area contributed by atoms with E-state index in [1.54, 1.807) is 0 Å². The molecule has 2 aliphatic carbocycles. The van der Waals surface area contributed by atoms with Crippen LogP contribution in [0, 0.1) is 22.7 Å². The number of hydrogen-bond acceptors (Lipinski definition) is 6. The number of allylic oxidation sites excluding steroid dienone is 8. The summed E-state index contributed by atoms with van der Waals surface area (Å²) in [6.45, 7) is 16.1. The molecule has 0 amide bonds. The minimum absolute atomic E-state index is 0.0777. The largest absolute Gasteiger partial charge is 0.772 e. The zero-order chi connectivity index (χ0) is 31.8. The lowest BCUT2D eigenvalue weighted by Gasteiger charge is -2.31. The van der Waals surface area contributed by atoms with E-state index in [4.69, 9.17) is 0 Å². The SMILES string of the molecule is CC1=C(C(=O)CC(C)CC(CCCCC(CC(C)CC(=O)C2=C(C)C=CCC2(C)C)S(=O)[O-])S(=O)[O-])C(C)(C)CC=C1. The Hall–Kier alpha value is -1.48. The highest BCUT2D eigenvalue weighted by atomic mass is 32.2. The number of hydrogen-bond donors (Lipinski definition) is 0. The summed E-state index contributed by atoms with van der Waals surface area (Å²) in [6.07, 6.45) is 13.3. The number of Topliss-reactive ketones (excluding diaryl/α,β-unsaturated/α-hetero) is 2. The van der Waals surface area contributed by atoms with E-state index in [9.17, 15) is 27.1 Å². The molecule has 6 nitrogen and oxygen atoms in total. The maximum atomic E-state index is 13.1. The van der Waals surface area contributed by atoms with E-state index in [-0.39, 0.29) is 34.2 Å². The molecule has 0 heterocycles. The Morgan fingerprint density at radius 1 is 0.738 bits per heavy atom. The van der Waals surface area contributed by atoms with E-state index in [2.05, 4.69) is 39.8 Å².